The van der Waals surface area contributed by atoms with Crippen LogP contribution in [-0.4, -0.2) is 4.57 Å². The number of nitrogens with zero attached hydrogens (tertiary/aromatic N) is 2. The first-order chi connectivity index (χ1) is 22.5. The summed E-state index contributed by atoms with van der Waals surface area (Å²) >= 11 is 0. The minimum Gasteiger partial charge on any atom is -0.335 e. The number of anilines is 3. The zero-order valence-electron chi connectivity index (χ0n) is 26.5. The Balaban J connectivity index is 1.49. The van der Waals surface area contributed by atoms with Crippen LogP contribution in [0.2, 0.25) is 0 Å². The zero-order chi connectivity index (χ0) is 31.3. The van der Waals surface area contributed by atoms with Crippen molar-refractivity contribution in [3.63, 3.8) is 0 Å². The molecule has 222 valence electrons. The molecule has 0 N–H and O–H groups in total. The normalized spacial score (nSPS) is 11.8. The van der Waals surface area contributed by atoms with Gasteiger partial charge in [0, 0.05) is 38.6 Å². The summed E-state index contributed by atoms with van der Waals surface area (Å²) < 4.78 is 2.50. The predicted octanol–water partition coefficient (Wildman–Crippen LogP) is 12.5. The van der Waals surface area contributed by atoms with Crippen LogP contribution in [0.3, 0.4) is 0 Å². The lowest BCUT2D eigenvalue weighted by atomic mass is 9.94. The highest BCUT2D eigenvalue weighted by molar-refractivity contribution is 6.11. The molecule has 0 saturated carbocycles. The third-order valence-electron chi connectivity index (χ3n) is 9.03. The number of hydrogen-bond acceptors (Lipinski definition) is 1. The highest BCUT2D eigenvalue weighted by Crippen LogP contribution is 2.48. The van der Waals surface area contributed by atoms with E-state index in [2.05, 4.69) is 194 Å². The van der Waals surface area contributed by atoms with Crippen molar-refractivity contribution in [2.75, 3.05) is 4.90 Å². The fourth-order valence-corrected chi connectivity index (χ4v) is 7.11. The summed E-state index contributed by atoms with van der Waals surface area (Å²) in [4.78, 5) is 2.47. The smallest absolute Gasteiger partial charge is 0.0546 e. The summed E-state index contributed by atoms with van der Waals surface area (Å²) in [7, 11) is 0. The van der Waals surface area contributed by atoms with Crippen molar-refractivity contribution in [1.82, 2.24) is 4.57 Å². The highest BCUT2D eigenvalue weighted by atomic mass is 15.2. The Bertz CT molecular complexity index is 2340. The summed E-state index contributed by atoms with van der Waals surface area (Å²) in [5, 5.41) is 5.02. The standard InChI is InChI=1S/C44H36N2/c1-44(2,3)46-40-25-15-13-23-37(40)38-28-27-34(30-42(38)46)45(39-24-14-12-21-35(39)31-16-6-4-7-17-31)41-29-26-32-18-10-11-22-36(32)43(41)33-19-8-5-9-20-33/h4-30H,1-3H3. The fraction of sp³-hybridized carbons (Fsp3) is 0.0909. The first-order valence-corrected chi connectivity index (χ1v) is 16.0. The maximum Gasteiger partial charge on any atom is 0.0546 e. The first kappa shape index (κ1) is 27.9. The van der Waals surface area contributed by atoms with Gasteiger partial charge in [-0.1, -0.05) is 133 Å². The largest absolute Gasteiger partial charge is 0.335 e. The average Bonchev–Trinajstić information content (AvgIpc) is 3.44. The Morgan fingerprint density at radius 3 is 1.83 bits per heavy atom. The predicted molar refractivity (Wildman–Crippen MR) is 198 cm³/mol. The van der Waals surface area contributed by atoms with Crippen LogP contribution in [0, 0.1) is 0 Å². The number of rotatable bonds is 5. The van der Waals surface area contributed by atoms with E-state index in [9.17, 15) is 0 Å². The molecule has 0 saturated heterocycles. The molecular formula is C44H36N2. The van der Waals surface area contributed by atoms with Gasteiger partial charge in [0.25, 0.3) is 0 Å². The lowest BCUT2D eigenvalue weighted by Gasteiger charge is -2.31. The molecule has 0 aliphatic carbocycles. The van der Waals surface area contributed by atoms with Gasteiger partial charge in [-0.2, -0.15) is 0 Å². The molecule has 0 bridgehead atoms. The Morgan fingerprint density at radius 1 is 0.457 bits per heavy atom. The van der Waals surface area contributed by atoms with Crippen molar-refractivity contribution in [2.45, 2.75) is 26.3 Å². The second kappa shape index (κ2) is 11.1. The average molecular weight is 593 g/mol. The van der Waals surface area contributed by atoms with E-state index in [1.54, 1.807) is 0 Å². The van der Waals surface area contributed by atoms with Crippen molar-refractivity contribution < 1.29 is 0 Å². The van der Waals surface area contributed by atoms with Crippen LogP contribution in [0.4, 0.5) is 17.1 Å². The van der Waals surface area contributed by atoms with Gasteiger partial charge in [-0.15, -0.1) is 0 Å². The van der Waals surface area contributed by atoms with E-state index >= 15 is 0 Å². The Kier molecular flexibility index (Phi) is 6.73. The van der Waals surface area contributed by atoms with Gasteiger partial charge in [0.1, 0.15) is 0 Å². The molecule has 2 nitrogen and oxygen atoms in total. The lowest BCUT2D eigenvalue weighted by molar-refractivity contribution is 0.423. The summed E-state index contributed by atoms with van der Waals surface area (Å²) in [5.74, 6) is 0. The number of benzene rings is 7. The SMILES string of the molecule is CC(C)(C)n1c2ccccc2c2ccc(N(c3ccccc3-c3ccccc3)c3ccc4ccccc4c3-c3ccccc3)cc21. The minimum atomic E-state index is -0.106. The molecule has 1 aromatic heterocycles. The third kappa shape index (κ3) is 4.66. The molecule has 1 heterocycles. The van der Waals surface area contributed by atoms with Crippen LogP contribution in [-0.2, 0) is 5.54 Å². The highest BCUT2D eigenvalue weighted by Gasteiger charge is 2.25. The summed E-state index contributed by atoms with van der Waals surface area (Å²) in [5.41, 5.74) is 10.6. The van der Waals surface area contributed by atoms with Crippen LogP contribution in [0.15, 0.2) is 164 Å². The lowest BCUT2D eigenvalue weighted by Crippen LogP contribution is -2.21. The maximum absolute atomic E-state index is 2.50. The summed E-state index contributed by atoms with van der Waals surface area (Å²) in [6.07, 6.45) is 0. The van der Waals surface area contributed by atoms with Crippen LogP contribution in [0.25, 0.3) is 54.8 Å². The van der Waals surface area contributed by atoms with Crippen molar-refractivity contribution in [3.05, 3.63) is 164 Å². The van der Waals surface area contributed by atoms with Gasteiger partial charge < -0.3 is 9.47 Å². The molecule has 0 fully saturated rings. The Hall–Kier alpha value is -5.60. The van der Waals surface area contributed by atoms with Crippen LogP contribution >= 0.6 is 0 Å². The topological polar surface area (TPSA) is 8.17 Å². The van der Waals surface area contributed by atoms with Gasteiger partial charge in [0.2, 0.25) is 0 Å². The van der Waals surface area contributed by atoms with E-state index in [0.717, 1.165) is 17.1 Å². The van der Waals surface area contributed by atoms with Crippen LogP contribution in [0.1, 0.15) is 20.8 Å². The van der Waals surface area contributed by atoms with Gasteiger partial charge in [-0.25, -0.2) is 0 Å². The number of hydrogen-bond donors (Lipinski definition) is 0. The quantitative estimate of drug-likeness (QED) is 0.193. The monoisotopic (exact) mass is 592 g/mol. The van der Waals surface area contributed by atoms with Gasteiger partial charge in [0.15, 0.2) is 0 Å². The molecule has 8 rings (SSSR count). The van der Waals surface area contributed by atoms with E-state index < -0.39 is 0 Å². The Labute approximate surface area is 270 Å². The maximum atomic E-state index is 2.50. The zero-order valence-corrected chi connectivity index (χ0v) is 26.5. The van der Waals surface area contributed by atoms with Crippen molar-refractivity contribution in [3.8, 4) is 22.3 Å². The van der Waals surface area contributed by atoms with Crippen molar-refractivity contribution >= 4 is 49.6 Å². The van der Waals surface area contributed by atoms with Crippen LogP contribution in [0.5, 0.6) is 0 Å². The van der Waals surface area contributed by atoms with Gasteiger partial charge in [0.05, 0.1) is 16.9 Å². The first-order valence-electron chi connectivity index (χ1n) is 16.0. The van der Waals surface area contributed by atoms with E-state index in [1.807, 2.05) is 0 Å². The van der Waals surface area contributed by atoms with E-state index in [0.29, 0.717) is 0 Å². The molecule has 7 aromatic carbocycles. The number of aromatic nitrogens is 1. The molecule has 0 radical (unpaired) electrons. The van der Waals surface area contributed by atoms with Crippen molar-refractivity contribution in [2.24, 2.45) is 0 Å². The number of fused-ring (bicyclic) bond motifs is 4. The molecule has 0 spiro atoms. The third-order valence-corrected chi connectivity index (χ3v) is 9.03. The molecule has 0 amide bonds. The van der Waals surface area contributed by atoms with Gasteiger partial charge >= 0.3 is 0 Å². The molecule has 0 aliphatic heterocycles. The summed E-state index contributed by atoms with van der Waals surface area (Å²) in [6, 6.07) is 59.5. The molecule has 0 atom stereocenters. The number of para-hydroxylation sites is 2. The van der Waals surface area contributed by atoms with E-state index in [-0.39, 0.29) is 5.54 Å². The minimum absolute atomic E-state index is 0.106. The molecule has 0 aliphatic rings. The fourth-order valence-electron chi connectivity index (χ4n) is 7.11. The second-order valence-electron chi connectivity index (χ2n) is 13.0. The Morgan fingerprint density at radius 2 is 1.07 bits per heavy atom. The molecule has 0 unspecified atom stereocenters. The van der Waals surface area contributed by atoms with Gasteiger partial charge in [-0.3, -0.25) is 0 Å². The van der Waals surface area contributed by atoms with Crippen LogP contribution < -0.4 is 4.90 Å². The molecular weight excluding hydrogens is 556 g/mol. The molecule has 2 heteroatoms. The van der Waals surface area contributed by atoms with Crippen molar-refractivity contribution in [1.29, 1.82) is 0 Å². The van der Waals surface area contributed by atoms with Gasteiger partial charge in [-0.05, 0) is 73.0 Å². The van der Waals surface area contributed by atoms with E-state index in [4.69, 9.17) is 0 Å². The molecule has 46 heavy (non-hydrogen) atoms. The summed E-state index contributed by atoms with van der Waals surface area (Å²) in [6.45, 7) is 6.89. The second-order valence-corrected chi connectivity index (χ2v) is 13.0. The van der Waals surface area contributed by atoms with E-state index in [1.165, 1.54) is 54.8 Å². The molecule has 8 aromatic rings.